The van der Waals surface area contributed by atoms with Crippen molar-refractivity contribution >= 4 is 5.69 Å². The molecule has 2 N–H and O–H groups in total. The van der Waals surface area contributed by atoms with E-state index in [2.05, 4.69) is 5.32 Å². The Bertz CT molecular complexity index is 409. The number of hydrogen-bond donors (Lipinski definition) is 2. The van der Waals surface area contributed by atoms with Gasteiger partial charge in [-0.3, -0.25) is 0 Å². The third-order valence-corrected chi connectivity index (χ3v) is 2.46. The van der Waals surface area contributed by atoms with Gasteiger partial charge in [0.2, 0.25) is 5.82 Å². The molecule has 0 aliphatic carbocycles. The Morgan fingerprint density at radius 1 is 0.944 bits per heavy atom. The number of halogens is 5. The van der Waals surface area contributed by atoms with E-state index in [1.54, 1.807) is 6.92 Å². The molecule has 102 valence electrons. The summed E-state index contributed by atoms with van der Waals surface area (Å²) in [6.07, 6.45) is 0.350. The van der Waals surface area contributed by atoms with Crippen LogP contribution in [0.2, 0.25) is 0 Å². The Morgan fingerprint density at radius 3 is 1.83 bits per heavy atom. The molecule has 0 aliphatic heterocycles. The molecule has 0 aliphatic rings. The van der Waals surface area contributed by atoms with E-state index in [0.29, 0.717) is 6.42 Å². The van der Waals surface area contributed by atoms with Gasteiger partial charge in [0.15, 0.2) is 23.3 Å². The predicted molar refractivity (Wildman–Crippen MR) is 55.6 cm³/mol. The van der Waals surface area contributed by atoms with Crippen LogP contribution in [0.5, 0.6) is 0 Å². The summed E-state index contributed by atoms with van der Waals surface area (Å²) in [6.45, 7) is 1.52. The van der Waals surface area contributed by atoms with Gasteiger partial charge in [-0.2, -0.15) is 0 Å². The van der Waals surface area contributed by atoms with E-state index in [1.807, 2.05) is 0 Å². The molecule has 0 fully saturated rings. The minimum Gasteiger partial charge on any atom is -0.396 e. The van der Waals surface area contributed by atoms with Crippen LogP contribution in [0.25, 0.3) is 0 Å². The van der Waals surface area contributed by atoms with Crippen LogP contribution in [-0.4, -0.2) is 18.3 Å². The van der Waals surface area contributed by atoms with E-state index < -0.39 is 34.8 Å². The lowest BCUT2D eigenvalue weighted by Gasteiger charge is -2.14. The maximum absolute atomic E-state index is 13.2. The average Bonchev–Trinajstić information content (AvgIpc) is 2.34. The number of anilines is 1. The third kappa shape index (κ3) is 2.90. The van der Waals surface area contributed by atoms with Crippen LogP contribution in [0.1, 0.15) is 13.3 Å². The van der Waals surface area contributed by atoms with Gasteiger partial charge in [0.1, 0.15) is 5.69 Å². The summed E-state index contributed by atoms with van der Waals surface area (Å²) in [7, 11) is 0. The van der Waals surface area contributed by atoms with Crippen molar-refractivity contribution < 1.29 is 27.1 Å². The van der Waals surface area contributed by atoms with Gasteiger partial charge in [0.05, 0.1) is 0 Å². The summed E-state index contributed by atoms with van der Waals surface area (Å²) in [4.78, 5) is 0. The van der Waals surface area contributed by atoms with E-state index in [-0.39, 0.29) is 19.1 Å². The first kappa shape index (κ1) is 14.7. The van der Waals surface area contributed by atoms with E-state index in [9.17, 15) is 22.0 Å². The van der Waals surface area contributed by atoms with Gasteiger partial charge in [0.25, 0.3) is 0 Å². The van der Waals surface area contributed by atoms with Gasteiger partial charge in [-0.1, -0.05) is 6.92 Å². The highest BCUT2D eigenvalue weighted by atomic mass is 19.2. The Labute approximate surface area is 100 Å². The molecule has 0 aromatic heterocycles. The highest BCUT2D eigenvalue weighted by Gasteiger charge is 2.25. The zero-order chi connectivity index (χ0) is 13.9. The largest absolute Gasteiger partial charge is 0.396 e. The Balaban J connectivity index is 2.96. The standard InChI is InChI=1S/C11H12F5NO/c1-5(2-3-18)4-17-11-9(15)7(13)6(12)8(14)10(11)16/h5,17-18H,2-4H2,1H3. The molecule has 18 heavy (non-hydrogen) atoms. The van der Waals surface area contributed by atoms with Crippen LogP contribution >= 0.6 is 0 Å². The number of aliphatic hydroxyl groups excluding tert-OH is 1. The van der Waals surface area contributed by atoms with Gasteiger partial charge in [-0.15, -0.1) is 0 Å². The molecule has 7 heteroatoms. The van der Waals surface area contributed by atoms with Crippen LogP contribution in [0.15, 0.2) is 0 Å². The quantitative estimate of drug-likeness (QED) is 0.489. The first-order valence-electron chi connectivity index (χ1n) is 5.26. The van der Waals surface area contributed by atoms with E-state index >= 15 is 0 Å². The van der Waals surface area contributed by atoms with Crippen molar-refractivity contribution in [1.29, 1.82) is 0 Å². The van der Waals surface area contributed by atoms with Crippen molar-refractivity contribution in [1.82, 2.24) is 0 Å². The van der Waals surface area contributed by atoms with E-state index in [1.165, 1.54) is 0 Å². The molecule has 1 atom stereocenters. The second kappa shape index (κ2) is 5.99. The summed E-state index contributed by atoms with van der Waals surface area (Å²) in [6, 6.07) is 0. The molecule has 0 amide bonds. The number of nitrogens with one attached hydrogen (secondary N) is 1. The summed E-state index contributed by atoms with van der Waals surface area (Å²) in [5.41, 5.74) is -1.05. The van der Waals surface area contributed by atoms with Crippen LogP contribution in [0.3, 0.4) is 0 Å². The maximum Gasteiger partial charge on any atom is 0.200 e. The number of rotatable bonds is 5. The summed E-state index contributed by atoms with van der Waals surface area (Å²) >= 11 is 0. The highest BCUT2D eigenvalue weighted by Crippen LogP contribution is 2.27. The molecule has 1 aromatic rings. The number of hydrogen-bond acceptors (Lipinski definition) is 2. The zero-order valence-electron chi connectivity index (χ0n) is 9.54. The van der Waals surface area contributed by atoms with Crippen LogP contribution in [0, 0.1) is 35.0 Å². The first-order chi connectivity index (χ1) is 8.40. The molecule has 0 saturated heterocycles. The lowest BCUT2D eigenvalue weighted by Crippen LogP contribution is -2.16. The molecule has 1 rings (SSSR count). The molecule has 2 nitrogen and oxygen atoms in total. The molecule has 0 heterocycles. The van der Waals surface area contributed by atoms with Gasteiger partial charge < -0.3 is 10.4 Å². The number of aliphatic hydroxyl groups is 1. The average molecular weight is 269 g/mol. The van der Waals surface area contributed by atoms with Crippen LogP contribution in [0.4, 0.5) is 27.6 Å². The van der Waals surface area contributed by atoms with Crippen LogP contribution in [-0.2, 0) is 0 Å². The summed E-state index contributed by atoms with van der Waals surface area (Å²) < 4.78 is 64.8. The fourth-order valence-corrected chi connectivity index (χ4v) is 1.36. The SMILES string of the molecule is CC(CCO)CNc1c(F)c(F)c(F)c(F)c1F. The first-order valence-corrected chi connectivity index (χ1v) is 5.26. The minimum absolute atomic E-state index is 0.0150. The van der Waals surface area contributed by atoms with Crippen molar-refractivity contribution in [3.05, 3.63) is 29.1 Å². The lowest BCUT2D eigenvalue weighted by atomic mass is 10.1. The fraction of sp³-hybridized carbons (Fsp3) is 0.455. The Morgan fingerprint density at radius 2 is 1.39 bits per heavy atom. The second-order valence-corrected chi connectivity index (χ2v) is 3.94. The highest BCUT2D eigenvalue weighted by molar-refractivity contribution is 5.47. The Kier molecular flexibility index (Phi) is 4.89. The normalized spacial score (nSPS) is 12.6. The molecule has 0 saturated carbocycles. The molecule has 1 aromatic carbocycles. The summed E-state index contributed by atoms with van der Waals surface area (Å²) in [5, 5.41) is 10.8. The van der Waals surface area contributed by atoms with E-state index in [0.717, 1.165) is 0 Å². The molecule has 0 bridgehead atoms. The monoisotopic (exact) mass is 269 g/mol. The summed E-state index contributed by atoms with van der Waals surface area (Å²) in [5.74, 6) is -10.1. The molecule has 0 radical (unpaired) electrons. The maximum atomic E-state index is 13.2. The molecule has 1 unspecified atom stereocenters. The third-order valence-electron chi connectivity index (χ3n) is 2.46. The number of benzene rings is 1. The predicted octanol–water partition coefficient (Wildman–Crippen LogP) is 2.81. The van der Waals surface area contributed by atoms with E-state index in [4.69, 9.17) is 5.11 Å². The van der Waals surface area contributed by atoms with Gasteiger partial charge in [-0.25, -0.2) is 22.0 Å². The smallest absolute Gasteiger partial charge is 0.200 e. The topological polar surface area (TPSA) is 32.3 Å². The molecular weight excluding hydrogens is 257 g/mol. The zero-order valence-corrected chi connectivity index (χ0v) is 9.54. The van der Waals surface area contributed by atoms with Crippen molar-refractivity contribution in [2.24, 2.45) is 5.92 Å². The second-order valence-electron chi connectivity index (χ2n) is 3.94. The minimum atomic E-state index is -2.18. The van der Waals surface area contributed by atoms with Crippen molar-refractivity contribution in [3.8, 4) is 0 Å². The Hall–Kier alpha value is -1.37. The lowest BCUT2D eigenvalue weighted by molar-refractivity contribution is 0.265. The van der Waals surface area contributed by atoms with Crippen molar-refractivity contribution in [2.45, 2.75) is 13.3 Å². The molecule has 0 spiro atoms. The van der Waals surface area contributed by atoms with Crippen LogP contribution < -0.4 is 5.32 Å². The fourth-order valence-electron chi connectivity index (χ4n) is 1.36. The van der Waals surface area contributed by atoms with Gasteiger partial charge >= 0.3 is 0 Å². The van der Waals surface area contributed by atoms with Crippen molar-refractivity contribution in [3.63, 3.8) is 0 Å². The van der Waals surface area contributed by atoms with Gasteiger partial charge in [-0.05, 0) is 12.3 Å². The van der Waals surface area contributed by atoms with Crippen molar-refractivity contribution in [2.75, 3.05) is 18.5 Å². The van der Waals surface area contributed by atoms with Gasteiger partial charge in [0, 0.05) is 13.2 Å². The molecular formula is C11H12F5NO.